The standard InChI is InChI=1S/C64H62BN3O2/c1-40-21-23-41(24-22-40)33-36-66-53-39-52-50(62(2,3)34-35-63(52,4)5)27-25-44-37-43-17-11-12-18-46(43)61(58(44)53)68(55-30-28-51-59(60(55)65)47-19-13-14-20-49(47)64(51,6)7)54-29-26-45(67-56(69)31-32-57(67)70)38-48(54)42-15-9-8-10-16-42/h8-12,14-18,20-30,33,36-39,66H,13,19,31-32,34-35,65H2,1-7H3/b27-25+,36-33?,44-25?,50-27?,52-39?,53-39-,58-53?. The molecule has 1 saturated heterocycles. The second-order valence-corrected chi connectivity index (χ2v) is 21.9. The van der Waals surface area contributed by atoms with Crippen molar-refractivity contribution >= 4 is 82.1 Å². The number of nitrogens with zero attached hydrogens (tertiary/aromatic N) is 2. The smallest absolute Gasteiger partial charge is 0.234 e. The molecule has 0 unspecified atom stereocenters. The SMILES string of the molecule is Bc1c(N(c2ccc(N3C(=O)CCC3=O)cc2-c2ccccc2)c2c3c(cc4ccccc24)/C=C/C2=C(/C=C/3NC=Cc3ccc(C)cc3)C(C)(C)CCC2(C)C)ccc2c1C1=C(C=CCC1)C2(C)C. The van der Waals surface area contributed by atoms with Gasteiger partial charge in [-0.25, -0.2) is 0 Å². The zero-order chi connectivity index (χ0) is 48.7. The molecule has 0 atom stereocenters. The molecule has 6 aromatic rings. The highest BCUT2D eigenvalue weighted by Crippen LogP contribution is 2.55. The van der Waals surface area contributed by atoms with Crippen molar-refractivity contribution in [3.05, 3.63) is 196 Å². The van der Waals surface area contributed by atoms with Gasteiger partial charge in [-0.1, -0.05) is 162 Å². The first kappa shape index (κ1) is 45.3. The number of allylic oxidation sites excluding steroid dienone is 8. The molecule has 4 aliphatic carbocycles. The summed E-state index contributed by atoms with van der Waals surface area (Å²) in [5.41, 5.74) is 20.4. The number of aryl methyl sites for hydroxylation is 1. The van der Waals surface area contributed by atoms with Crippen LogP contribution in [-0.2, 0) is 15.0 Å². The van der Waals surface area contributed by atoms with Gasteiger partial charge in [-0.3, -0.25) is 14.5 Å². The van der Waals surface area contributed by atoms with Crippen LogP contribution in [0.5, 0.6) is 0 Å². The lowest BCUT2D eigenvalue weighted by molar-refractivity contribution is -0.121. The van der Waals surface area contributed by atoms with Crippen LogP contribution in [0.1, 0.15) is 113 Å². The van der Waals surface area contributed by atoms with Crippen LogP contribution in [0.25, 0.3) is 45.3 Å². The molecular weight excluding hydrogens is 854 g/mol. The Labute approximate surface area is 415 Å². The molecule has 6 heteroatoms. The number of hydrogen-bond acceptors (Lipinski definition) is 4. The van der Waals surface area contributed by atoms with Gasteiger partial charge in [0.2, 0.25) is 11.8 Å². The van der Waals surface area contributed by atoms with Gasteiger partial charge in [-0.05, 0) is 141 Å². The molecule has 1 heterocycles. The van der Waals surface area contributed by atoms with E-state index in [9.17, 15) is 9.59 Å². The lowest BCUT2D eigenvalue weighted by atomic mass is 9.62. The van der Waals surface area contributed by atoms with E-state index in [4.69, 9.17) is 0 Å². The Kier molecular flexibility index (Phi) is 11.0. The Morgan fingerprint density at radius 1 is 0.686 bits per heavy atom. The van der Waals surface area contributed by atoms with Gasteiger partial charge >= 0.3 is 0 Å². The van der Waals surface area contributed by atoms with Crippen LogP contribution in [0.15, 0.2) is 162 Å². The number of amides is 2. The van der Waals surface area contributed by atoms with Crippen LogP contribution in [0, 0.1) is 17.8 Å². The first-order valence-corrected chi connectivity index (χ1v) is 25.2. The van der Waals surface area contributed by atoms with E-state index in [0.29, 0.717) is 5.69 Å². The van der Waals surface area contributed by atoms with E-state index >= 15 is 0 Å². The van der Waals surface area contributed by atoms with Crippen molar-refractivity contribution < 1.29 is 9.59 Å². The van der Waals surface area contributed by atoms with Gasteiger partial charge < -0.3 is 10.2 Å². The van der Waals surface area contributed by atoms with Crippen molar-refractivity contribution in [3.63, 3.8) is 0 Å². The van der Waals surface area contributed by atoms with Crippen LogP contribution >= 0.6 is 0 Å². The Morgan fingerprint density at radius 3 is 2.14 bits per heavy atom. The van der Waals surface area contributed by atoms with E-state index < -0.39 is 0 Å². The number of hydrogen-bond donors (Lipinski definition) is 1. The molecule has 0 radical (unpaired) electrons. The van der Waals surface area contributed by atoms with Crippen LogP contribution in [-0.4, -0.2) is 19.7 Å². The third kappa shape index (κ3) is 7.55. The topological polar surface area (TPSA) is 52.7 Å². The second-order valence-electron chi connectivity index (χ2n) is 21.9. The van der Waals surface area contributed by atoms with E-state index in [1.807, 2.05) is 12.1 Å². The van der Waals surface area contributed by atoms with Gasteiger partial charge in [0.05, 0.1) is 17.1 Å². The average Bonchev–Trinajstić information content (AvgIpc) is 3.81. The van der Waals surface area contributed by atoms with E-state index in [2.05, 4.69) is 212 Å². The summed E-state index contributed by atoms with van der Waals surface area (Å²) in [4.78, 5) is 30.8. The molecule has 0 aromatic heterocycles. The largest absolute Gasteiger partial charge is 0.361 e. The van der Waals surface area contributed by atoms with Gasteiger partial charge in [-0.2, -0.15) is 0 Å². The normalized spacial score (nSPS) is 19.9. The summed E-state index contributed by atoms with van der Waals surface area (Å²) >= 11 is 0. The summed E-state index contributed by atoms with van der Waals surface area (Å²) < 4.78 is 0. The first-order chi connectivity index (χ1) is 33.6. The number of fused-ring (bicyclic) bond motifs is 4. The molecule has 1 fully saturated rings. The van der Waals surface area contributed by atoms with Crippen molar-refractivity contribution in [2.45, 2.75) is 92.4 Å². The highest BCUT2D eigenvalue weighted by molar-refractivity contribution is 6.39. The van der Waals surface area contributed by atoms with Crippen molar-refractivity contribution in [1.29, 1.82) is 0 Å². The molecule has 0 saturated carbocycles. The second kappa shape index (κ2) is 17.0. The lowest BCUT2D eigenvalue weighted by Crippen LogP contribution is -2.30. The first-order valence-electron chi connectivity index (χ1n) is 25.2. The van der Waals surface area contributed by atoms with Gasteiger partial charge in [0.25, 0.3) is 0 Å². The molecule has 1 N–H and O–H groups in total. The maximum atomic E-state index is 13.5. The Hall–Kier alpha value is -7.18. The van der Waals surface area contributed by atoms with Crippen molar-refractivity contribution in [1.82, 2.24) is 5.32 Å². The molecular formula is C64H62BN3O2. The molecule has 70 heavy (non-hydrogen) atoms. The summed E-state index contributed by atoms with van der Waals surface area (Å²) in [6.07, 6.45) is 20.8. The molecule has 348 valence electrons. The average molecular weight is 916 g/mol. The molecule has 2 amide bonds. The van der Waals surface area contributed by atoms with E-state index in [-0.39, 0.29) is 40.9 Å². The predicted octanol–water partition coefficient (Wildman–Crippen LogP) is 14.4. The van der Waals surface area contributed by atoms with Crippen LogP contribution in [0.2, 0.25) is 0 Å². The molecule has 1 aliphatic heterocycles. The van der Waals surface area contributed by atoms with E-state index in [1.165, 1.54) is 49.3 Å². The third-order valence-corrected chi connectivity index (χ3v) is 16.1. The Morgan fingerprint density at radius 2 is 1.39 bits per heavy atom. The quantitative estimate of drug-likeness (QED) is 0.122. The summed E-state index contributed by atoms with van der Waals surface area (Å²) in [5.74, 6) is -0.332. The van der Waals surface area contributed by atoms with Gasteiger partial charge in [0.1, 0.15) is 7.85 Å². The number of carbonyl (C=O) groups excluding carboxylic acids is 2. The Bertz CT molecular complexity index is 3360. The highest BCUT2D eigenvalue weighted by atomic mass is 16.2. The lowest BCUT2D eigenvalue weighted by Gasteiger charge is -2.43. The van der Waals surface area contributed by atoms with E-state index in [1.54, 1.807) is 0 Å². The molecule has 5 aliphatic rings. The number of rotatable bonds is 8. The minimum Gasteiger partial charge on any atom is -0.361 e. The zero-order valence-corrected chi connectivity index (χ0v) is 42.0. The summed E-state index contributed by atoms with van der Waals surface area (Å²) in [6.45, 7) is 16.5. The maximum Gasteiger partial charge on any atom is 0.234 e. The Balaban J connectivity index is 1.26. The van der Waals surface area contributed by atoms with Crippen molar-refractivity contribution in [3.8, 4) is 11.1 Å². The predicted molar refractivity (Wildman–Crippen MR) is 296 cm³/mol. The maximum absolute atomic E-state index is 13.5. The number of anilines is 4. The molecule has 5 nitrogen and oxygen atoms in total. The van der Waals surface area contributed by atoms with Gasteiger partial charge in [0, 0.05) is 52.4 Å². The van der Waals surface area contributed by atoms with Gasteiger partial charge in [0.15, 0.2) is 0 Å². The number of benzene rings is 6. The summed E-state index contributed by atoms with van der Waals surface area (Å²) in [6, 6.07) is 41.2. The van der Waals surface area contributed by atoms with Crippen molar-refractivity contribution in [2.75, 3.05) is 9.80 Å². The number of carbonyl (C=O) groups is 2. The third-order valence-electron chi connectivity index (χ3n) is 16.1. The summed E-state index contributed by atoms with van der Waals surface area (Å²) in [7, 11) is 2.32. The molecule has 11 rings (SSSR count). The zero-order valence-electron chi connectivity index (χ0n) is 42.0. The molecule has 0 spiro atoms. The van der Waals surface area contributed by atoms with Gasteiger partial charge in [-0.15, -0.1) is 0 Å². The monoisotopic (exact) mass is 915 g/mol. The number of nitrogens with one attached hydrogen (secondary N) is 1. The molecule has 6 aromatic carbocycles. The van der Waals surface area contributed by atoms with E-state index in [0.717, 1.165) is 87.0 Å². The fourth-order valence-corrected chi connectivity index (χ4v) is 12.1. The fourth-order valence-electron chi connectivity index (χ4n) is 12.1. The van der Waals surface area contributed by atoms with Crippen LogP contribution in [0.4, 0.5) is 22.7 Å². The summed E-state index contributed by atoms with van der Waals surface area (Å²) in [5, 5.41) is 6.20. The fraction of sp³-hybridized carbons (Fsp3) is 0.250. The van der Waals surface area contributed by atoms with Crippen molar-refractivity contribution in [2.24, 2.45) is 10.8 Å². The van der Waals surface area contributed by atoms with Crippen LogP contribution < -0.4 is 20.6 Å². The highest BCUT2D eigenvalue weighted by Gasteiger charge is 2.41. The minimum absolute atomic E-state index is 0.0223. The van der Waals surface area contributed by atoms with Crippen LogP contribution in [0.3, 0.4) is 0 Å². The number of imide groups is 1. The molecule has 0 bridgehead atoms. The minimum atomic E-state index is -0.166.